The molecule has 0 saturated carbocycles. The molecule has 1 aliphatic heterocycles. The maximum absolute atomic E-state index is 12.6. The third-order valence-electron chi connectivity index (χ3n) is 4.96. The fraction of sp³-hybridized carbons (Fsp3) is 0.500. The summed E-state index contributed by atoms with van der Waals surface area (Å²) in [7, 11) is -3.64. The number of aromatic nitrogens is 2. The molecule has 0 spiro atoms. The molecule has 146 valence electrons. The van der Waals surface area contributed by atoms with E-state index >= 15 is 0 Å². The molecule has 1 fully saturated rings. The van der Waals surface area contributed by atoms with Gasteiger partial charge in [-0.05, 0) is 49.5 Å². The first-order chi connectivity index (χ1) is 12.9. The zero-order valence-electron chi connectivity index (χ0n) is 16.2. The maximum atomic E-state index is 12.6. The first-order valence-electron chi connectivity index (χ1n) is 9.56. The Hall–Kier alpha value is -1.99. The molecule has 0 radical (unpaired) electrons. The molecule has 7 heteroatoms. The number of rotatable bonds is 7. The van der Waals surface area contributed by atoms with Crippen LogP contribution in [0.3, 0.4) is 0 Å². The predicted molar refractivity (Wildman–Crippen MR) is 107 cm³/mol. The summed E-state index contributed by atoms with van der Waals surface area (Å²) in [5.41, 5.74) is 1.49. The van der Waals surface area contributed by atoms with E-state index in [1.165, 1.54) is 0 Å². The van der Waals surface area contributed by atoms with E-state index in [0.717, 1.165) is 43.9 Å². The van der Waals surface area contributed by atoms with Crippen LogP contribution in [0.2, 0.25) is 0 Å². The van der Waals surface area contributed by atoms with Gasteiger partial charge in [0.15, 0.2) is 0 Å². The van der Waals surface area contributed by atoms with E-state index in [2.05, 4.69) is 40.4 Å². The van der Waals surface area contributed by atoms with Crippen LogP contribution in [0.25, 0.3) is 0 Å². The third kappa shape index (κ3) is 4.84. The molecule has 1 N–H and O–H groups in total. The van der Waals surface area contributed by atoms with Crippen molar-refractivity contribution in [1.82, 2.24) is 14.9 Å². The summed E-state index contributed by atoms with van der Waals surface area (Å²) < 4.78 is 27.7. The molecule has 1 aliphatic rings. The monoisotopic (exact) mass is 388 g/mol. The summed E-state index contributed by atoms with van der Waals surface area (Å²) in [6.07, 6.45) is 5.31. The zero-order chi connectivity index (χ0) is 19.4. The number of nitrogens with one attached hydrogen (secondary N) is 1. The molecule has 3 rings (SSSR count). The van der Waals surface area contributed by atoms with Gasteiger partial charge in [0.2, 0.25) is 0 Å². The SMILES string of the molecule is CCCN1CCC(c2ncc(NS(=O)(=O)c3ccc(C(C)C)cc3)cn2)C1. The van der Waals surface area contributed by atoms with E-state index in [1.807, 2.05) is 12.1 Å². The van der Waals surface area contributed by atoms with Crippen molar-refractivity contribution in [3.63, 3.8) is 0 Å². The summed E-state index contributed by atoms with van der Waals surface area (Å²) in [6.45, 7) is 9.48. The van der Waals surface area contributed by atoms with Crippen LogP contribution in [0, 0.1) is 0 Å². The van der Waals surface area contributed by atoms with Crippen LogP contribution >= 0.6 is 0 Å². The molecule has 0 amide bonds. The van der Waals surface area contributed by atoms with Gasteiger partial charge in [0, 0.05) is 12.5 Å². The van der Waals surface area contributed by atoms with Gasteiger partial charge in [-0.2, -0.15) is 0 Å². The summed E-state index contributed by atoms with van der Waals surface area (Å²) in [5.74, 6) is 1.48. The minimum absolute atomic E-state index is 0.238. The van der Waals surface area contributed by atoms with E-state index in [9.17, 15) is 8.42 Å². The number of sulfonamides is 1. The van der Waals surface area contributed by atoms with Gasteiger partial charge < -0.3 is 4.90 Å². The Morgan fingerprint density at radius 2 is 1.85 bits per heavy atom. The van der Waals surface area contributed by atoms with Crippen molar-refractivity contribution in [1.29, 1.82) is 0 Å². The van der Waals surface area contributed by atoms with Gasteiger partial charge in [0.1, 0.15) is 5.82 Å². The second-order valence-electron chi connectivity index (χ2n) is 7.45. The Labute approximate surface area is 162 Å². The minimum Gasteiger partial charge on any atom is -0.303 e. The van der Waals surface area contributed by atoms with Gasteiger partial charge in [-0.25, -0.2) is 18.4 Å². The molecule has 6 nitrogen and oxygen atoms in total. The average molecular weight is 389 g/mol. The van der Waals surface area contributed by atoms with E-state index < -0.39 is 10.0 Å². The molecule has 1 aromatic heterocycles. The van der Waals surface area contributed by atoms with E-state index in [0.29, 0.717) is 17.5 Å². The highest BCUT2D eigenvalue weighted by Gasteiger charge is 2.25. The highest BCUT2D eigenvalue weighted by Crippen LogP contribution is 2.25. The van der Waals surface area contributed by atoms with Crippen molar-refractivity contribution in [2.75, 3.05) is 24.4 Å². The quantitative estimate of drug-likeness (QED) is 0.784. The lowest BCUT2D eigenvalue weighted by Gasteiger charge is -2.14. The van der Waals surface area contributed by atoms with Gasteiger partial charge in [-0.3, -0.25) is 4.72 Å². The topological polar surface area (TPSA) is 75.2 Å². The van der Waals surface area contributed by atoms with Gasteiger partial charge in [-0.15, -0.1) is 0 Å². The largest absolute Gasteiger partial charge is 0.303 e. The van der Waals surface area contributed by atoms with Crippen molar-refractivity contribution >= 4 is 15.7 Å². The standard InChI is InChI=1S/C20H28N4O2S/c1-4-10-24-11-9-17(14-24)20-21-12-18(13-22-20)23-27(25,26)19-7-5-16(6-8-19)15(2)3/h5-8,12-13,15,17,23H,4,9-11,14H2,1-3H3. The van der Waals surface area contributed by atoms with Crippen LogP contribution < -0.4 is 4.72 Å². The lowest BCUT2D eigenvalue weighted by molar-refractivity contribution is 0.334. The van der Waals surface area contributed by atoms with Crippen molar-refractivity contribution < 1.29 is 8.42 Å². The van der Waals surface area contributed by atoms with Crippen molar-refractivity contribution in [2.45, 2.75) is 50.3 Å². The number of hydrogen-bond donors (Lipinski definition) is 1. The molecule has 2 aromatic rings. The van der Waals surface area contributed by atoms with Crippen molar-refractivity contribution in [3.8, 4) is 0 Å². The fourth-order valence-corrected chi connectivity index (χ4v) is 4.44. The molecule has 1 saturated heterocycles. The molecular formula is C20H28N4O2S. The highest BCUT2D eigenvalue weighted by atomic mass is 32.2. The lowest BCUT2D eigenvalue weighted by Crippen LogP contribution is -2.21. The van der Waals surface area contributed by atoms with Gasteiger partial charge in [0.05, 0.1) is 23.0 Å². The third-order valence-corrected chi connectivity index (χ3v) is 6.36. The normalized spacial score (nSPS) is 18.1. The Kier molecular flexibility index (Phi) is 6.11. The molecule has 1 aromatic carbocycles. The summed E-state index contributed by atoms with van der Waals surface area (Å²) in [5, 5.41) is 0. The Bertz CT molecular complexity index is 849. The maximum Gasteiger partial charge on any atom is 0.261 e. The van der Waals surface area contributed by atoms with Crippen molar-refractivity contribution in [2.24, 2.45) is 0 Å². The molecule has 1 atom stereocenters. The molecule has 2 heterocycles. The molecule has 0 bridgehead atoms. The molecular weight excluding hydrogens is 360 g/mol. The first kappa shape index (κ1) is 19.8. The zero-order valence-corrected chi connectivity index (χ0v) is 17.0. The Morgan fingerprint density at radius 1 is 1.19 bits per heavy atom. The Morgan fingerprint density at radius 3 is 2.44 bits per heavy atom. The summed E-state index contributed by atoms with van der Waals surface area (Å²) in [6, 6.07) is 6.96. The van der Waals surface area contributed by atoms with Gasteiger partial charge in [-0.1, -0.05) is 32.9 Å². The summed E-state index contributed by atoms with van der Waals surface area (Å²) in [4.78, 5) is 11.5. The van der Waals surface area contributed by atoms with Crippen LogP contribution in [0.15, 0.2) is 41.6 Å². The number of benzene rings is 1. The number of anilines is 1. The second kappa shape index (κ2) is 8.35. The molecule has 27 heavy (non-hydrogen) atoms. The van der Waals surface area contributed by atoms with Crippen LogP contribution in [0.4, 0.5) is 5.69 Å². The number of nitrogens with zero attached hydrogens (tertiary/aromatic N) is 3. The number of likely N-dealkylation sites (tertiary alicyclic amines) is 1. The van der Waals surface area contributed by atoms with E-state index in [1.54, 1.807) is 24.5 Å². The van der Waals surface area contributed by atoms with Crippen LogP contribution in [0.5, 0.6) is 0 Å². The van der Waals surface area contributed by atoms with Crippen LogP contribution in [0.1, 0.15) is 56.8 Å². The van der Waals surface area contributed by atoms with Crippen molar-refractivity contribution in [3.05, 3.63) is 48.0 Å². The van der Waals surface area contributed by atoms with Gasteiger partial charge in [0.25, 0.3) is 10.0 Å². The Balaban J connectivity index is 1.67. The predicted octanol–water partition coefficient (Wildman–Crippen LogP) is 3.60. The lowest BCUT2D eigenvalue weighted by atomic mass is 10.0. The fourth-order valence-electron chi connectivity index (χ4n) is 3.41. The van der Waals surface area contributed by atoms with E-state index in [4.69, 9.17) is 0 Å². The van der Waals surface area contributed by atoms with Gasteiger partial charge >= 0.3 is 0 Å². The second-order valence-corrected chi connectivity index (χ2v) is 9.13. The molecule has 0 aliphatic carbocycles. The highest BCUT2D eigenvalue weighted by molar-refractivity contribution is 7.92. The van der Waals surface area contributed by atoms with E-state index in [-0.39, 0.29) is 4.90 Å². The van der Waals surface area contributed by atoms with Crippen LogP contribution in [-0.2, 0) is 10.0 Å². The summed E-state index contributed by atoms with van der Waals surface area (Å²) >= 11 is 0. The first-order valence-corrected chi connectivity index (χ1v) is 11.0. The average Bonchev–Trinajstić information content (AvgIpc) is 3.11. The number of hydrogen-bond acceptors (Lipinski definition) is 5. The minimum atomic E-state index is -3.64. The molecule has 1 unspecified atom stereocenters. The smallest absolute Gasteiger partial charge is 0.261 e. The van der Waals surface area contributed by atoms with Crippen LogP contribution in [-0.4, -0.2) is 42.9 Å².